The normalized spacial score (nSPS) is 11.7. The first-order chi connectivity index (χ1) is 6.94. The highest BCUT2D eigenvalue weighted by atomic mass is 35.5. The number of sulfonamides is 1. The van der Waals surface area contributed by atoms with Gasteiger partial charge in [-0.3, -0.25) is 0 Å². The molecule has 0 saturated heterocycles. The maximum absolute atomic E-state index is 13.2. The van der Waals surface area contributed by atoms with Gasteiger partial charge in [0.15, 0.2) is 0 Å². The summed E-state index contributed by atoms with van der Waals surface area (Å²) in [5.74, 6) is -0.506. The van der Waals surface area contributed by atoms with E-state index in [1.54, 1.807) is 0 Å². The van der Waals surface area contributed by atoms with Crippen LogP contribution in [0.1, 0.15) is 12.5 Å². The molecule has 0 unspecified atom stereocenters. The van der Waals surface area contributed by atoms with E-state index in [0.717, 1.165) is 0 Å². The molecule has 84 valence electrons. The number of hydrogen-bond acceptors (Lipinski definition) is 2. The third-order valence-corrected chi connectivity index (χ3v) is 3.45. The third kappa shape index (κ3) is 3.77. The summed E-state index contributed by atoms with van der Waals surface area (Å²) < 4.78 is 37.6. The lowest BCUT2D eigenvalue weighted by molar-refractivity contribution is 0.575. The molecule has 0 amide bonds. The summed E-state index contributed by atoms with van der Waals surface area (Å²) in [5, 5.41) is 0.377. The lowest BCUT2D eigenvalue weighted by atomic mass is 10.2. The molecule has 0 heterocycles. The van der Waals surface area contributed by atoms with Gasteiger partial charge in [0.1, 0.15) is 5.82 Å². The topological polar surface area (TPSA) is 46.2 Å². The van der Waals surface area contributed by atoms with Crippen LogP contribution in [0.3, 0.4) is 0 Å². The first-order valence-corrected chi connectivity index (χ1v) is 6.39. The minimum Gasteiger partial charge on any atom is -0.212 e. The van der Waals surface area contributed by atoms with Gasteiger partial charge < -0.3 is 0 Å². The molecule has 0 spiro atoms. The largest absolute Gasteiger partial charge is 0.212 e. The molecule has 0 fully saturated rings. The Balaban J connectivity index is 2.78. The van der Waals surface area contributed by atoms with Crippen LogP contribution >= 0.6 is 11.6 Å². The van der Waals surface area contributed by atoms with Crippen molar-refractivity contribution in [3.8, 4) is 0 Å². The summed E-state index contributed by atoms with van der Waals surface area (Å²) in [6.07, 6.45) is 0. The Kier molecular flexibility index (Phi) is 4.07. The fourth-order valence-corrected chi connectivity index (χ4v) is 1.74. The molecule has 0 radical (unpaired) electrons. The zero-order valence-electron chi connectivity index (χ0n) is 8.13. The molecule has 15 heavy (non-hydrogen) atoms. The van der Waals surface area contributed by atoms with Crippen molar-refractivity contribution in [2.45, 2.75) is 13.5 Å². The molecule has 3 nitrogen and oxygen atoms in total. The van der Waals surface area contributed by atoms with Crippen LogP contribution in [0.4, 0.5) is 4.39 Å². The van der Waals surface area contributed by atoms with Crippen LogP contribution in [0.25, 0.3) is 0 Å². The van der Waals surface area contributed by atoms with E-state index >= 15 is 0 Å². The molecule has 0 aromatic heterocycles. The van der Waals surface area contributed by atoms with Crippen molar-refractivity contribution < 1.29 is 12.8 Å². The average molecular weight is 252 g/mol. The first kappa shape index (κ1) is 12.4. The van der Waals surface area contributed by atoms with Crippen molar-refractivity contribution in [2.75, 3.05) is 5.75 Å². The number of hydrogen-bond donors (Lipinski definition) is 1. The second kappa shape index (κ2) is 4.92. The second-order valence-corrected chi connectivity index (χ2v) is 5.49. The van der Waals surface area contributed by atoms with Crippen LogP contribution in [0.5, 0.6) is 0 Å². The molecule has 1 N–H and O–H groups in total. The highest BCUT2D eigenvalue weighted by Crippen LogP contribution is 2.14. The lowest BCUT2D eigenvalue weighted by Crippen LogP contribution is -2.25. The van der Waals surface area contributed by atoms with Gasteiger partial charge in [-0.15, -0.1) is 0 Å². The molecule has 0 aliphatic carbocycles. The van der Waals surface area contributed by atoms with Gasteiger partial charge in [0.05, 0.1) is 5.75 Å². The Hall–Kier alpha value is -0.650. The number of halogens is 2. The maximum atomic E-state index is 13.2. The number of rotatable bonds is 4. The molecule has 1 rings (SSSR count). The number of benzene rings is 1. The molecule has 1 aromatic rings. The van der Waals surface area contributed by atoms with E-state index in [-0.39, 0.29) is 17.9 Å². The predicted molar refractivity (Wildman–Crippen MR) is 57.7 cm³/mol. The van der Waals surface area contributed by atoms with Gasteiger partial charge in [0, 0.05) is 17.1 Å². The van der Waals surface area contributed by atoms with E-state index < -0.39 is 15.8 Å². The summed E-state index contributed by atoms with van der Waals surface area (Å²) >= 11 is 5.66. The number of nitrogens with one attached hydrogen (secondary N) is 1. The van der Waals surface area contributed by atoms with Crippen molar-refractivity contribution in [1.29, 1.82) is 0 Å². The Morgan fingerprint density at radius 3 is 2.73 bits per heavy atom. The predicted octanol–water partition coefficient (Wildman–Crippen LogP) is 1.92. The van der Waals surface area contributed by atoms with Gasteiger partial charge in [-0.2, -0.15) is 0 Å². The fraction of sp³-hybridized carbons (Fsp3) is 0.333. The Morgan fingerprint density at radius 2 is 2.13 bits per heavy atom. The molecule has 6 heteroatoms. The summed E-state index contributed by atoms with van der Waals surface area (Å²) in [6, 6.07) is 4.02. The highest BCUT2D eigenvalue weighted by molar-refractivity contribution is 7.89. The fourth-order valence-electron chi connectivity index (χ4n) is 0.969. The minimum absolute atomic E-state index is 0.0326. The van der Waals surface area contributed by atoms with Crippen LogP contribution in [-0.4, -0.2) is 14.2 Å². The average Bonchev–Trinajstić information content (AvgIpc) is 2.20. The molecule has 0 aliphatic heterocycles. The van der Waals surface area contributed by atoms with Crippen molar-refractivity contribution in [3.63, 3.8) is 0 Å². The smallest absolute Gasteiger partial charge is 0.211 e. The van der Waals surface area contributed by atoms with Crippen molar-refractivity contribution in [1.82, 2.24) is 4.72 Å². The third-order valence-electron chi connectivity index (χ3n) is 1.87. The standard InChI is InChI=1S/C9H11ClFNO2S/c1-2-15(13,14)12-6-7-5-8(10)3-4-9(7)11/h3-5,12H,2,6H2,1H3. The SMILES string of the molecule is CCS(=O)(=O)NCc1cc(Cl)ccc1F. The van der Waals surface area contributed by atoms with Gasteiger partial charge in [0.25, 0.3) is 0 Å². The second-order valence-electron chi connectivity index (χ2n) is 2.96. The Labute approximate surface area is 93.3 Å². The van der Waals surface area contributed by atoms with Crippen LogP contribution in [0, 0.1) is 5.82 Å². The van der Waals surface area contributed by atoms with Crippen molar-refractivity contribution >= 4 is 21.6 Å². The van der Waals surface area contributed by atoms with E-state index in [1.807, 2.05) is 0 Å². The van der Waals surface area contributed by atoms with Gasteiger partial charge in [0.2, 0.25) is 10.0 Å². The molecule has 0 saturated carbocycles. The Bertz CT molecular complexity index is 447. The molecule has 1 aromatic carbocycles. The van der Waals surface area contributed by atoms with Gasteiger partial charge in [-0.25, -0.2) is 17.5 Å². The van der Waals surface area contributed by atoms with E-state index in [9.17, 15) is 12.8 Å². The van der Waals surface area contributed by atoms with Gasteiger partial charge in [-0.1, -0.05) is 11.6 Å². The molecule has 0 atom stereocenters. The monoisotopic (exact) mass is 251 g/mol. The van der Waals surface area contributed by atoms with Crippen LogP contribution in [0.2, 0.25) is 5.02 Å². The minimum atomic E-state index is -3.31. The van der Waals surface area contributed by atoms with E-state index in [4.69, 9.17) is 11.6 Å². The van der Waals surface area contributed by atoms with Crippen LogP contribution in [0.15, 0.2) is 18.2 Å². The van der Waals surface area contributed by atoms with Crippen LogP contribution < -0.4 is 4.72 Å². The molecule has 0 aliphatic rings. The maximum Gasteiger partial charge on any atom is 0.211 e. The highest BCUT2D eigenvalue weighted by Gasteiger charge is 2.08. The zero-order chi connectivity index (χ0) is 11.5. The van der Waals surface area contributed by atoms with E-state index in [0.29, 0.717) is 5.02 Å². The lowest BCUT2D eigenvalue weighted by Gasteiger charge is -2.05. The van der Waals surface area contributed by atoms with Crippen molar-refractivity contribution in [3.05, 3.63) is 34.6 Å². The Morgan fingerprint density at radius 1 is 1.47 bits per heavy atom. The summed E-state index contributed by atoms with van der Waals surface area (Å²) in [5.41, 5.74) is 0.236. The van der Waals surface area contributed by atoms with E-state index in [2.05, 4.69) is 4.72 Å². The van der Waals surface area contributed by atoms with Gasteiger partial charge >= 0.3 is 0 Å². The van der Waals surface area contributed by atoms with Crippen LogP contribution in [-0.2, 0) is 16.6 Å². The summed E-state index contributed by atoms with van der Waals surface area (Å²) in [6.45, 7) is 1.43. The van der Waals surface area contributed by atoms with Gasteiger partial charge in [-0.05, 0) is 25.1 Å². The molecular formula is C9H11ClFNO2S. The first-order valence-electron chi connectivity index (χ1n) is 4.36. The molecule has 0 bridgehead atoms. The zero-order valence-corrected chi connectivity index (χ0v) is 9.70. The quantitative estimate of drug-likeness (QED) is 0.889. The summed E-state index contributed by atoms with van der Waals surface area (Å²) in [7, 11) is -3.31. The summed E-state index contributed by atoms with van der Waals surface area (Å²) in [4.78, 5) is 0. The molecular weight excluding hydrogens is 241 g/mol. The van der Waals surface area contributed by atoms with Crippen molar-refractivity contribution in [2.24, 2.45) is 0 Å². The van der Waals surface area contributed by atoms with E-state index in [1.165, 1.54) is 25.1 Å².